The van der Waals surface area contributed by atoms with Gasteiger partial charge in [0.15, 0.2) is 5.82 Å². The number of allylic oxidation sites excluding steroid dienone is 1. The lowest BCUT2D eigenvalue weighted by molar-refractivity contribution is 0.122. The highest BCUT2D eigenvalue weighted by Gasteiger charge is 2.15. The molecule has 0 unspecified atom stereocenters. The summed E-state index contributed by atoms with van der Waals surface area (Å²) in [7, 11) is 0. The van der Waals surface area contributed by atoms with E-state index in [2.05, 4.69) is 34.5 Å². The number of benzene rings is 1. The first-order valence-electron chi connectivity index (χ1n) is 10.1. The van der Waals surface area contributed by atoms with Crippen molar-refractivity contribution in [3.8, 4) is 11.4 Å². The Balaban J connectivity index is 1.52. The van der Waals surface area contributed by atoms with Gasteiger partial charge < -0.3 is 15.0 Å². The maximum atomic E-state index is 5.49. The Morgan fingerprint density at radius 3 is 2.67 bits per heavy atom. The Labute approximate surface area is 161 Å². The third-order valence-corrected chi connectivity index (χ3v) is 5.22. The normalized spacial score (nSPS) is 17.5. The van der Waals surface area contributed by atoms with Crippen LogP contribution in [0.15, 0.2) is 48.0 Å². The number of nitrogens with zero attached hydrogens (tertiary/aromatic N) is 3. The van der Waals surface area contributed by atoms with E-state index in [1.807, 2.05) is 18.2 Å². The van der Waals surface area contributed by atoms with Gasteiger partial charge in [-0.2, -0.15) is 0 Å². The van der Waals surface area contributed by atoms with Crippen LogP contribution in [0.3, 0.4) is 0 Å². The third-order valence-electron chi connectivity index (χ3n) is 5.22. The van der Waals surface area contributed by atoms with E-state index < -0.39 is 0 Å². The standard InChI is InChI=1S/C22H28N4O/c1-3-7-18(8-4-1)11-12-23-20-17-21(26-13-15-27-16-14-26)25-22(24-20)19-9-5-2-6-10-19/h2,5-7,9-10,17H,1,3-4,8,11-16H2,(H,23,24,25). The first-order chi connectivity index (χ1) is 13.4. The predicted octanol–water partition coefficient (Wildman–Crippen LogP) is 4.28. The van der Waals surface area contributed by atoms with Gasteiger partial charge >= 0.3 is 0 Å². The minimum Gasteiger partial charge on any atom is -0.378 e. The fourth-order valence-electron chi connectivity index (χ4n) is 3.68. The first-order valence-corrected chi connectivity index (χ1v) is 10.1. The van der Waals surface area contributed by atoms with Crippen LogP contribution in [0.4, 0.5) is 11.6 Å². The Morgan fingerprint density at radius 1 is 1.04 bits per heavy atom. The molecule has 4 rings (SSSR count). The summed E-state index contributed by atoms with van der Waals surface area (Å²) in [5.41, 5.74) is 2.63. The van der Waals surface area contributed by atoms with Crippen LogP contribution in [0.2, 0.25) is 0 Å². The van der Waals surface area contributed by atoms with Gasteiger partial charge in [-0.05, 0) is 32.1 Å². The summed E-state index contributed by atoms with van der Waals surface area (Å²) in [6, 6.07) is 12.3. The summed E-state index contributed by atoms with van der Waals surface area (Å²) in [5, 5.41) is 3.53. The molecule has 0 atom stereocenters. The van der Waals surface area contributed by atoms with E-state index in [0.717, 1.165) is 62.3 Å². The summed E-state index contributed by atoms with van der Waals surface area (Å²) in [6.07, 6.45) is 8.67. The van der Waals surface area contributed by atoms with Crippen LogP contribution in [0, 0.1) is 0 Å². The fourth-order valence-corrected chi connectivity index (χ4v) is 3.68. The SMILES string of the molecule is C1=C(CCNc2cc(N3CCOCC3)nc(-c3ccccc3)n2)CCCC1. The van der Waals surface area contributed by atoms with Crippen molar-refractivity contribution >= 4 is 11.6 Å². The van der Waals surface area contributed by atoms with Crippen molar-refractivity contribution in [1.82, 2.24) is 9.97 Å². The Hall–Kier alpha value is -2.40. The molecule has 5 heteroatoms. The third kappa shape index (κ3) is 4.86. The van der Waals surface area contributed by atoms with Gasteiger partial charge in [0.2, 0.25) is 0 Å². The number of rotatable bonds is 6. The number of ether oxygens (including phenoxy) is 1. The molecule has 2 heterocycles. The molecule has 1 aromatic carbocycles. The van der Waals surface area contributed by atoms with Crippen LogP contribution in [0.5, 0.6) is 0 Å². The van der Waals surface area contributed by atoms with Crippen molar-refractivity contribution in [3.05, 3.63) is 48.0 Å². The van der Waals surface area contributed by atoms with Gasteiger partial charge in [0.25, 0.3) is 0 Å². The summed E-state index contributed by atoms with van der Waals surface area (Å²) < 4.78 is 5.49. The summed E-state index contributed by atoms with van der Waals surface area (Å²) >= 11 is 0. The Kier molecular flexibility index (Phi) is 5.99. The largest absolute Gasteiger partial charge is 0.378 e. The molecule has 2 aromatic rings. The number of hydrogen-bond donors (Lipinski definition) is 1. The van der Waals surface area contributed by atoms with E-state index in [1.54, 1.807) is 5.57 Å². The number of hydrogen-bond acceptors (Lipinski definition) is 5. The maximum absolute atomic E-state index is 5.49. The molecule has 1 fully saturated rings. The molecule has 142 valence electrons. The topological polar surface area (TPSA) is 50.3 Å². The maximum Gasteiger partial charge on any atom is 0.163 e. The fraction of sp³-hybridized carbons (Fsp3) is 0.455. The van der Waals surface area contributed by atoms with Gasteiger partial charge in [0.1, 0.15) is 11.6 Å². The molecule has 0 saturated carbocycles. The molecular weight excluding hydrogens is 336 g/mol. The number of morpholine rings is 1. The van der Waals surface area contributed by atoms with E-state index in [0.29, 0.717) is 0 Å². The summed E-state index contributed by atoms with van der Waals surface area (Å²) in [5.74, 6) is 2.66. The molecule has 2 aliphatic rings. The zero-order valence-corrected chi connectivity index (χ0v) is 15.9. The van der Waals surface area contributed by atoms with E-state index >= 15 is 0 Å². The smallest absolute Gasteiger partial charge is 0.163 e. The molecule has 5 nitrogen and oxygen atoms in total. The van der Waals surface area contributed by atoms with E-state index in [1.165, 1.54) is 25.7 Å². The molecular formula is C22H28N4O. The molecule has 1 aliphatic carbocycles. The lowest BCUT2D eigenvalue weighted by Crippen LogP contribution is -2.36. The minimum atomic E-state index is 0.752. The van der Waals surface area contributed by atoms with E-state index in [9.17, 15) is 0 Å². The molecule has 1 aliphatic heterocycles. The zero-order chi connectivity index (χ0) is 18.3. The van der Waals surface area contributed by atoms with Crippen molar-refractivity contribution in [2.24, 2.45) is 0 Å². The lowest BCUT2D eigenvalue weighted by Gasteiger charge is -2.28. The molecule has 0 amide bonds. The molecule has 0 bridgehead atoms. The number of aromatic nitrogens is 2. The summed E-state index contributed by atoms with van der Waals surface area (Å²) in [6.45, 7) is 4.16. The second kappa shape index (κ2) is 9.00. The van der Waals surface area contributed by atoms with Crippen LogP contribution in [-0.2, 0) is 4.74 Å². The van der Waals surface area contributed by atoms with Crippen LogP contribution >= 0.6 is 0 Å². The molecule has 27 heavy (non-hydrogen) atoms. The highest BCUT2D eigenvalue weighted by Crippen LogP contribution is 2.24. The van der Waals surface area contributed by atoms with E-state index in [4.69, 9.17) is 14.7 Å². The molecule has 1 N–H and O–H groups in total. The lowest BCUT2D eigenvalue weighted by atomic mass is 9.97. The summed E-state index contributed by atoms with van der Waals surface area (Å²) in [4.78, 5) is 11.9. The van der Waals surface area contributed by atoms with Gasteiger partial charge in [-0.15, -0.1) is 0 Å². The van der Waals surface area contributed by atoms with Gasteiger partial charge in [0.05, 0.1) is 13.2 Å². The molecule has 0 spiro atoms. The quantitative estimate of drug-likeness (QED) is 0.775. The minimum absolute atomic E-state index is 0.752. The van der Waals surface area contributed by atoms with Crippen molar-refractivity contribution in [2.75, 3.05) is 43.1 Å². The monoisotopic (exact) mass is 364 g/mol. The van der Waals surface area contributed by atoms with Gasteiger partial charge in [-0.1, -0.05) is 42.0 Å². The highest BCUT2D eigenvalue weighted by atomic mass is 16.5. The highest BCUT2D eigenvalue weighted by molar-refractivity contribution is 5.61. The zero-order valence-electron chi connectivity index (χ0n) is 15.9. The average Bonchev–Trinajstić information content (AvgIpc) is 2.76. The molecule has 1 aromatic heterocycles. The Bertz CT molecular complexity index is 769. The van der Waals surface area contributed by atoms with Gasteiger partial charge in [0, 0.05) is 31.3 Å². The molecule has 1 saturated heterocycles. The van der Waals surface area contributed by atoms with Crippen LogP contribution in [0.1, 0.15) is 32.1 Å². The number of anilines is 2. The van der Waals surface area contributed by atoms with Gasteiger partial charge in [-0.25, -0.2) is 9.97 Å². The van der Waals surface area contributed by atoms with Crippen LogP contribution in [-0.4, -0.2) is 42.8 Å². The first kappa shape index (κ1) is 18.0. The second-order valence-electron chi connectivity index (χ2n) is 7.19. The van der Waals surface area contributed by atoms with Crippen LogP contribution in [0.25, 0.3) is 11.4 Å². The van der Waals surface area contributed by atoms with Crippen molar-refractivity contribution in [2.45, 2.75) is 32.1 Å². The second-order valence-corrected chi connectivity index (χ2v) is 7.19. The number of nitrogens with one attached hydrogen (secondary N) is 1. The van der Waals surface area contributed by atoms with Crippen molar-refractivity contribution in [3.63, 3.8) is 0 Å². The average molecular weight is 364 g/mol. The van der Waals surface area contributed by atoms with Gasteiger partial charge in [-0.3, -0.25) is 0 Å². The van der Waals surface area contributed by atoms with E-state index in [-0.39, 0.29) is 0 Å². The van der Waals surface area contributed by atoms with Crippen molar-refractivity contribution in [1.29, 1.82) is 0 Å². The van der Waals surface area contributed by atoms with Crippen molar-refractivity contribution < 1.29 is 4.74 Å². The predicted molar refractivity (Wildman–Crippen MR) is 110 cm³/mol. The molecule has 0 radical (unpaired) electrons. The Morgan fingerprint density at radius 2 is 1.89 bits per heavy atom. The van der Waals surface area contributed by atoms with Crippen LogP contribution < -0.4 is 10.2 Å².